The lowest BCUT2D eigenvalue weighted by molar-refractivity contribution is 0.0642. The van der Waals surface area contributed by atoms with Crippen molar-refractivity contribution in [1.29, 1.82) is 0 Å². The van der Waals surface area contributed by atoms with Gasteiger partial charge >= 0.3 is 0 Å². The molecule has 6 nitrogen and oxygen atoms in total. The number of imide groups is 1. The van der Waals surface area contributed by atoms with E-state index in [0.29, 0.717) is 27.4 Å². The van der Waals surface area contributed by atoms with Crippen LogP contribution in [0.3, 0.4) is 0 Å². The van der Waals surface area contributed by atoms with Crippen LogP contribution in [-0.4, -0.2) is 27.6 Å². The molecule has 3 aromatic rings. The Morgan fingerprint density at radius 3 is 2.32 bits per heavy atom. The minimum absolute atomic E-state index is 0.114. The molecule has 0 unspecified atom stereocenters. The van der Waals surface area contributed by atoms with E-state index < -0.39 is 0 Å². The van der Waals surface area contributed by atoms with E-state index in [1.165, 1.54) is 16.2 Å². The molecule has 4 rings (SSSR count). The molecule has 2 heterocycles. The van der Waals surface area contributed by atoms with Crippen molar-refractivity contribution in [3.05, 3.63) is 81.4 Å². The zero-order valence-corrected chi connectivity index (χ0v) is 16.2. The number of rotatable bonds is 4. The number of carbonyl (C=O) groups excluding carboxylic acids is 3. The molecule has 3 amide bonds. The number of carbonyl (C=O) groups is 3. The first kappa shape index (κ1) is 18.1. The Balaban J connectivity index is 1.52. The number of aromatic nitrogens is 1. The number of hydrogen-bond donors (Lipinski definition) is 1. The van der Waals surface area contributed by atoms with Gasteiger partial charge in [0, 0.05) is 10.4 Å². The third kappa shape index (κ3) is 3.20. The number of benzene rings is 2. The highest BCUT2D eigenvalue weighted by Gasteiger charge is 2.34. The van der Waals surface area contributed by atoms with Crippen molar-refractivity contribution < 1.29 is 14.4 Å². The van der Waals surface area contributed by atoms with Gasteiger partial charge in [-0.3, -0.25) is 24.6 Å². The monoisotopic (exact) mass is 391 g/mol. The summed E-state index contributed by atoms with van der Waals surface area (Å²) in [5.74, 6) is -0.911. The maximum Gasteiger partial charge on any atom is 0.261 e. The van der Waals surface area contributed by atoms with Gasteiger partial charge in [-0.1, -0.05) is 24.3 Å². The van der Waals surface area contributed by atoms with Crippen LogP contribution >= 0.6 is 11.3 Å². The fraction of sp³-hybridized carbons (Fsp3) is 0.143. The fourth-order valence-corrected chi connectivity index (χ4v) is 3.88. The third-order valence-electron chi connectivity index (χ3n) is 4.66. The number of thiazole rings is 1. The highest BCUT2D eigenvalue weighted by atomic mass is 32.1. The molecule has 0 aliphatic carbocycles. The van der Waals surface area contributed by atoms with Crippen LogP contribution in [-0.2, 0) is 6.54 Å². The highest BCUT2D eigenvalue weighted by Crippen LogP contribution is 2.25. The minimum Gasteiger partial charge on any atom is -0.298 e. The Kier molecular flexibility index (Phi) is 4.52. The number of nitrogens with one attached hydrogen (secondary N) is 1. The summed E-state index contributed by atoms with van der Waals surface area (Å²) < 4.78 is 0. The number of hydrogen-bond acceptors (Lipinski definition) is 5. The normalized spacial score (nSPS) is 13.0. The SMILES string of the molecule is Cc1nc(NC(=O)c2cccc(CN3C(=O)c4ccccc4C3=O)c2)sc1C. The van der Waals surface area contributed by atoms with Gasteiger partial charge in [-0.2, -0.15) is 0 Å². The number of aryl methyl sites for hydroxylation is 2. The maximum absolute atomic E-state index is 12.5. The van der Waals surface area contributed by atoms with Crippen molar-refractivity contribution >= 4 is 34.2 Å². The molecule has 2 aromatic carbocycles. The van der Waals surface area contributed by atoms with Crippen molar-refractivity contribution in [2.24, 2.45) is 0 Å². The molecule has 0 atom stereocenters. The van der Waals surface area contributed by atoms with Gasteiger partial charge in [-0.25, -0.2) is 4.98 Å². The number of anilines is 1. The second-order valence-electron chi connectivity index (χ2n) is 6.56. The molecule has 0 saturated heterocycles. The molecule has 1 aliphatic rings. The zero-order chi connectivity index (χ0) is 19.8. The Morgan fingerprint density at radius 1 is 1.04 bits per heavy atom. The number of nitrogens with zero attached hydrogens (tertiary/aromatic N) is 2. The molecule has 1 aliphatic heterocycles. The van der Waals surface area contributed by atoms with E-state index in [9.17, 15) is 14.4 Å². The van der Waals surface area contributed by atoms with Gasteiger partial charge in [0.05, 0.1) is 23.4 Å². The average molecular weight is 391 g/mol. The van der Waals surface area contributed by atoms with Crippen molar-refractivity contribution in [3.63, 3.8) is 0 Å². The quantitative estimate of drug-likeness (QED) is 0.686. The molecule has 28 heavy (non-hydrogen) atoms. The van der Waals surface area contributed by atoms with Gasteiger partial charge in [0.15, 0.2) is 5.13 Å². The predicted octanol–water partition coefficient (Wildman–Crippen LogP) is 3.81. The summed E-state index contributed by atoms with van der Waals surface area (Å²) in [7, 11) is 0. The summed E-state index contributed by atoms with van der Waals surface area (Å²) in [6, 6.07) is 13.7. The standard InChI is InChI=1S/C21H17N3O3S/c1-12-13(2)28-21(22-12)23-18(25)15-7-5-6-14(10-15)11-24-19(26)16-8-3-4-9-17(16)20(24)27/h3-10H,11H2,1-2H3,(H,22,23,25). The van der Waals surface area contributed by atoms with Gasteiger partial charge in [-0.05, 0) is 43.7 Å². The summed E-state index contributed by atoms with van der Waals surface area (Å²) in [6.07, 6.45) is 0. The first-order valence-corrected chi connectivity index (χ1v) is 9.55. The number of amides is 3. The number of fused-ring (bicyclic) bond motifs is 1. The lowest BCUT2D eigenvalue weighted by atomic mass is 10.1. The topological polar surface area (TPSA) is 79.4 Å². The Hall–Kier alpha value is -3.32. The van der Waals surface area contributed by atoms with Gasteiger partial charge in [-0.15, -0.1) is 11.3 Å². The molecule has 140 valence electrons. The van der Waals surface area contributed by atoms with E-state index in [1.54, 1.807) is 48.5 Å². The summed E-state index contributed by atoms with van der Waals surface area (Å²) in [4.78, 5) is 44.2. The van der Waals surface area contributed by atoms with Crippen molar-refractivity contribution in [3.8, 4) is 0 Å². The van der Waals surface area contributed by atoms with Gasteiger partial charge in [0.25, 0.3) is 17.7 Å². The van der Waals surface area contributed by atoms with E-state index in [0.717, 1.165) is 10.6 Å². The van der Waals surface area contributed by atoms with Crippen molar-refractivity contribution in [1.82, 2.24) is 9.88 Å². The Morgan fingerprint density at radius 2 is 1.71 bits per heavy atom. The molecule has 1 N–H and O–H groups in total. The van der Waals surface area contributed by atoms with Crippen LogP contribution < -0.4 is 5.32 Å². The summed E-state index contributed by atoms with van der Waals surface area (Å²) in [5.41, 5.74) is 2.86. The largest absolute Gasteiger partial charge is 0.298 e. The Bertz CT molecular complexity index is 1070. The fourth-order valence-electron chi connectivity index (χ4n) is 3.07. The van der Waals surface area contributed by atoms with Crippen LogP contribution in [0.5, 0.6) is 0 Å². The second kappa shape index (κ2) is 7.01. The van der Waals surface area contributed by atoms with Crippen LogP contribution in [0.4, 0.5) is 5.13 Å². The van der Waals surface area contributed by atoms with E-state index in [-0.39, 0.29) is 24.3 Å². The molecule has 0 bridgehead atoms. The summed E-state index contributed by atoms with van der Waals surface area (Å²) in [6.45, 7) is 3.96. The maximum atomic E-state index is 12.5. The molecular weight excluding hydrogens is 374 g/mol. The minimum atomic E-state index is -0.316. The van der Waals surface area contributed by atoms with Crippen LogP contribution in [0.1, 0.15) is 47.2 Å². The molecule has 0 radical (unpaired) electrons. The molecule has 7 heteroatoms. The first-order valence-electron chi connectivity index (χ1n) is 8.73. The predicted molar refractivity (Wildman–Crippen MR) is 107 cm³/mol. The Labute approximate surface area is 165 Å². The van der Waals surface area contributed by atoms with Crippen LogP contribution in [0, 0.1) is 13.8 Å². The molecular formula is C21H17N3O3S. The lowest BCUT2D eigenvalue weighted by Crippen LogP contribution is -2.29. The molecule has 0 saturated carbocycles. The zero-order valence-electron chi connectivity index (χ0n) is 15.4. The molecule has 0 fully saturated rings. The van der Waals surface area contributed by atoms with Crippen LogP contribution in [0.15, 0.2) is 48.5 Å². The van der Waals surface area contributed by atoms with Gasteiger partial charge < -0.3 is 0 Å². The van der Waals surface area contributed by atoms with E-state index in [4.69, 9.17) is 0 Å². The van der Waals surface area contributed by atoms with Crippen LogP contribution in [0.2, 0.25) is 0 Å². The lowest BCUT2D eigenvalue weighted by Gasteiger charge is -2.14. The molecule has 1 aromatic heterocycles. The smallest absolute Gasteiger partial charge is 0.261 e. The summed E-state index contributed by atoms with van der Waals surface area (Å²) >= 11 is 1.42. The van der Waals surface area contributed by atoms with Gasteiger partial charge in [0.2, 0.25) is 0 Å². The van der Waals surface area contributed by atoms with E-state index in [1.807, 2.05) is 13.8 Å². The van der Waals surface area contributed by atoms with Crippen molar-refractivity contribution in [2.75, 3.05) is 5.32 Å². The first-order chi connectivity index (χ1) is 13.4. The van der Waals surface area contributed by atoms with Crippen molar-refractivity contribution in [2.45, 2.75) is 20.4 Å². The molecule has 0 spiro atoms. The van der Waals surface area contributed by atoms with Crippen LogP contribution in [0.25, 0.3) is 0 Å². The second-order valence-corrected chi connectivity index (χ2v) is 7.76. The van der Waals surface area contributed by atoms with E-state index in [2.05, 4.69) is 10.3 Å². The summed E-state index contributed by atoms with van der Waals surface area (Å²) in [5, 5.41) is 3.34. The van der Waals surface area contributed by atoms with Gasteiger partial charge in [0.1, 0.15) is 0 Å². The average Bonchev–Trinajstić information content (AvgIpc) is 3.13. The highest BCUT2D eigenvalue weighted by molar-refractivity contribution is 7.15. The van der Waals surface area contributed by atoms with E-state index >= 15 is 0 Å². The third-order valence-corrected chi connectivity index (χ3v) is 5.65.